The van der Waals surface area contributed by atoms with Gasteiger partial charge in [0.25, 0.3) is 0 Å². The lowest BCUT2D eigenvalue weighted by molar-refractivity contribution is 0.701. The number of thiophene rings is 1. The number of rotatable bonds is 5. The summed E-state index contributed by atoms with van der Waals surface area (Å²) in [5.74, 6) is 0. The van der Waals surface area contributed by atoms with Crippen LogP contribution in [-0.4, -0.2) is 7.05 Å². The highest BCUT2D eigenvalue weighted by molar-refractivity contribution is 9.11. The van der Waals surface area contributed by atoms with Gasteiger partial charge >= 0.3 is 0 Å². The Balaban J connectivity index is 1.81. The van der Waals surface area contributed by atoms with Gasteiger partial charge in [-0.2, -0.15) is 0 Å². The van der Waals surface area contributed by atoms with Crippen molar-refractivity contribution in [3.8, 4) is 0 Å². The van der Waals surface area contributed by atoms with Crippen LogP contribution in [0, 0.1) is 0 Å². The van der Waals surface area contributed by atoms with E-state index in [-0.39, 0.29) is 0 Å². The SMILES string of the molecule is CNc1ccc(CNCc2ccc(Br)s2)cc1. The van der Waals surface area contributed by atoms with Gasteiger partial charge in [-0.15, -0.1) is 11.3 Å². The van der Waals surface area contributed by atoms with Gasteiger partial charge in [0.15, 0.2) is 0 Å². The van der Waals surface area contributed by atoms with Crippen molar-refractivity contribution < 1.29 is 0 Å². The minimum atomic E-state index is 0.902. The second kappa shape index (κ2) is 6.19. The third-order valence-electron chi connectivity index (χ3n) is 2.50. The quantitative estimate of drug-likeness (QED) is 0.876. The van der Waals surface area contributed by atoms with Crippen LogP contribution in [0.25, 0.3) is 0 Å². The highest BCUT2D eigenvalue weighted by Crippen LogP contribution is 2.21. The molecule has 2 N–H and O–H groups in total. The summed E-state index contributed by atoms with van der Waals surface area (Å²) >= 11 is 5.24. The van der Waals surface area contributed by atoms with E-state index < -0.39 is 0 Å². The molecule has 90 valence electrons. The van der Waals surface area contributed by atoms with Gasteiger partial charge in [-0.25, -0.2) is 0 Å². The molecule has 2 nitrogen and oxygen atoms in total. The Hall–Kier alpha value is -0.840. The van der Waals surface area contributed by atoms with Crippen LogP contribution < -0.4 is 10.6 Å². The summed E-state index contributed by atoms with van der Waals surface area (Å²) < 4.78 is 1.19. The number of hydrogen-bond acceptors (Lipinski definition) is 3. The van der Waals surface area contributed by atoms with Gasteiger partial charge in [-0.05, 0) is 45.8 Å². The Morgan fingerprint density at radius 1 is 1.06 bits per heavy atom. The Morgan fingerprint density at radius 3 is 2.41 bits per heavy atom. The number of nitrogens with one attached hydrogen (secondary N) is 2. The van der Waals surface area contributed by atoms with Crippen molar-refractivity contribution in [2.24, 2.45) is 0 Å². The lowest BCUT2D eigenvalue weighted by atomic mass is 10.2. The van der Waals surface area contributed by atoms with Crippen molar-refractivity contribution in [2.75, 3.05) is 12.4 Å². The number of benzene rings is 1. The number of hydrogen-bond donors (Lipinski definition) is 2. The van der Waals surface area contributed by atoms with E-state index in [2.05, 4.69) is 63.0 Å². The number of anilines is 1. The molecule has 17 heavy (non-hydrogen) atoms. The molecule has 1 aromatic heterocycles. The number of halogens is 1. The van der Waals surface area contributed by atoms with Crippen LogP contribution in [0.15, 0.2) is 40.2 Å². The van der Waals surface area contributed by atoms with E-state index in [0.717, 1.165) is 18.8 Å². The fourth-order valence-electron chi connectivity index (χ4n) is 1.57. The Bertz CT molecular complexity index is 465. The molecule has 0 aliphatic rings. The molecule has 0 spiro atoms. The van der Waals surface area contributed by atoms with Gasteiger partial charge in [0.05, 0.1) is 3.79 Å². The molecule has 1 aromatic carbocycles. The Labute approximate surface area is 114 Å². The van der Waals surface area contributed by atoms with E-state index in [0.29, 0.717) is 0 Å². The van der Waals surface area contributed by atoms with Gasteiger partial charge in [0.1, 0.15) is 0 Å². The van der Waals surface area contributed by atoms with Crippen molar-refractivity contribution in [3.63, 3.8) is 0 Å². The topological polar surface area (TPSA) is 24.1 Å². The van der Waals surface area contributed by atoms with E-state index in [1.807, 2.05) is 7.05 Å². The van der Waals surface area contributed by atoms with Crippen LogP contribution in [0.2, 0.25) is 0 Å². The van der Waals surface area contributed by atoms with Crippen molar-refractivity contribution in [3.05, 3.63) is 50.6 Å². The molecular formula is C13H15BrN2S. The average molecular weight is 311 g/mol. The zero-order valence-electron chi connectivity index (χ0n) is 9.66. The van der Waals surface area contributed by atoms with Gasteiger partial charge in [0, 0.05) is 30.7 Å². The zero-order chi connectivity index (χ0) is 12.1. The van der Waals surface area contributed by atoms with Crippen LogP contribution in [-0.2, 0) is 13.1 Å². The minimum absolute atomic E-state index is 0.902. The van der Waals surface area contributed by atoms with E-state index in [1.54, 1.807) is 11.3 Å². The standard InChI is InChI=1S/C13H15BrN2S/c1-15-11-4-2-10(3-5-11)8-16-9-12-6-7-13(14)17-12/h2-7,15-16H,8-9H2,1H3. The monoisotopic (exact) mass is 310 g/mol. The maximum atomic E-state index is 3.47. The van der Waals surface area contributed by atoms with Crippen LogP contribution in [0.4, 0.5) is 5.69 Å². The van der Waals surface area contributed by atoms with Crippen molar-refractivity contribution in [2.45, 2.75) is 13.1 Å². The lowest BCUT2D eigenvalue weighted by Crippen LogP contribution is -2.11. The van der Waals surface area contributed by atoms with E-state index >= 15 is 0 Å². The van der Waals surface area contributed by atoms with Crippen molar-refractivity contribution in [1.82, 2.24) is 5.32 Å². The molecule has 0 radical (unpaired) electrons. The lowest BCUT2D eigenvalue weighted by Gasteiger charge is -2.05. The van der Waals surface area contributed by atoms with Crippen LogP contribution in [0.5, 0.6) is 0 Å². The fourth-order valence-corrected chi connectivity index (χ4v) is 3.02. The third kappa shape index (κ3) is 3.84. The normalized spacial score (nSPS) is 10.5. The molecule has 0 saturated heterocycles. The van der Waals surface area contributed by atoms with Crippen LogP contribution >= 0.6 is 27.3 Å². The maximum Gasteiger partial charge on any atom is 0.0701 e. The Morgan fingerprint density at radius 2 is 1.82 bits per heavy atom. The molecule has 0 amide bonds. The first-order chi connectivity index (χ1) is 8.28. The summed E-state index contributed by atoms with van der Waals surface area (Å²) in [6.07, 6.45) is 0. The molecule has 0 bridgehead atoms. The summed E-state index contributed by atoms with van der Waals surface area (Å²) in [4.78, 5) is 1.35. The van der Waals surface area contributed by atoms with Crippen molar-refractivity contribution >= 4 is 33.0 Å². The molecule has 2 aromatic rings. The smallest absolute Gasteiger partial charge is 0.0701 e. The molecule has 0 aliphatic carbocycles. The second-order valence-electron chi connectivity index (χ2n) is 3.76. The first-order valence-corrected chi connectivity index (χ1v) is 7.10. The summed E-state index contributed by atoms with van der Waals surface area (Å²) in [6, 6.07) is 12.7. The van der Waals surface area contributed by atoms with E-state index in [9.17, 15) is 0 Å². The van der Waals surface area contributed by atoms with Gasteiger partial charge < -0.3 is 10.6 Å². The largest absolute Gasteiger partial charge is 0.388 e. The summed E-state index contributed by atoms with van der Waals surface area (Å²) in [6.45, 7) is 1.82. The zero-order valence-corrected chi connectivity index (χ0v) is 12.1. The average Bonchev–Trinajstić information content (AvgIpc) is 2.76. The highest BCUT2D eigenvalue weighted by Gasteiger charge is 1.97. The van der Waals surface area contributed by atoms with Gasteiger partial charge in [-0.1, -0.05) is 12.1 Å². The van der Waals surface area contributed by atoms with Crippen LogP contribution in [0.1, 0.15) is 10.4 Å². The Kier molecular flexibility index (Phi) is 4.59. The molecule has 0 fully saturated rings. The first-order valence-electron chi connectivity index (χ1n) is 5.49. The van der Waals surface area contributed by atoms with Gasteiger partial charge in [-0.3, -0.25) is 0 Å². The molecule has 2 rings (SSSR count). The molecular weight excluding hydrogens is 296 g/mol. The minimum Gasteiger partial charge on any atom is -0.388 e. The van der Waals surface area contributed by atoms with E-state index in [4.69, 9.17) is 0 Å². The molecule has 0 saturated carbocycles. The summed E-state index contributed by atoms with van der Waals surface area (Å²) in [5.41, 5.74) is 2.45. The first kappa shape index (κ1) is 12.6. The predicted molar refractivity (Wildman–Crippen MR) is 78.6 cm³/mol. The molecule has 0 aliphatic heterocycles. The van der Waals surface area contributed by atoms with Crippen LogP contribution in [0.3, 0.4) is 0 Å². The predicted octanol–water partition coefficient (Wildman–Crippen LogP) is 3.84. The third-order valence-corrected chi connectivity index (χ3v) is 4.12. The molecule has 0 unspecified atom stereocenters. The van der Waals surface area contributed by atoms with Crippen molar-refractivity contribution in [1.29, 1.82) is 0 Å². The maximum absolute atomic E-state index is 3.47. The second-order valence-corrected chi connectivity index (χ2v) is 6.30. The summed E-state index contributed by atoms with van der Waals surface area (Å²) in [5, 5.41) is 6.55. The van der Waals surface area contributed by atoms with Gasteiger partial charge in [0.2, 0.25) is 0 Å². The molecule has 0 atom stereocenters. The highest BCUT2D eigenvalue weighted by atomic mass is 79.9. The van der Waals surface area contributed by atoms with E-state index in [1.165, 1.54) is 14.2 Å². The fraction of sp³-hybridized carbons (Fsp3) is 0.231. The molecule has 1 heterocycles. The summed E-state index contributed by atoms with van der Waals surface area (Å²) in [7, 11) is 1.93. The molecule has 4 heteroatoms.